The van der Waals surface area contributed by atoms with Crippen molar-refractivity contribution in [1.29, 1.82) is 0 Å². The smallest absolute Gasteiger partial charge is 0.329 e. The zero-order valence-corrected chi connectivity index (χ0v) is 13.1. The van der Waals surface area contributed by atoms with Crippen LogP contribution in [0, 0.1) is 0 Å². The molecule has 0 aromatic carbocycles. The largest absolute Gasteiger partial charge is 0.402 e. The van der Waals surface area contributed by atoms with Crippen LogP contribution in [0.2, 0.25) is 0 Å². The summed E-state index contributed by atoms with van der Waals surface area (Å²) in [5.74, 6) is 0. The highest BCUT2D eigenvalue weighted by Gasteiger charge is 2.43. The highest BCUT2D eigenvalue weighted by Crippen LogP contribution is 2.34. The third kappa shape index (κ3) is 5.08. The Morgan fingerprint density at radius 2 is 1.81 bits per heavy atom. The predicted molar refractivity (Wildman–Crippen MR) is 74.8 cm³/mol. The third-order valence-corrected chi connectivity index (χ3v) is 5.52. The first-order chi connectivity index (χ1) is 9.67. The minimum Gasteiger partial charge on any atom is -0.329 e. The number of nitrogens with one attached hydrogen (secondary N) is 1. The van der Waals surface area contributed by atoms with E-state index in [2.05, 4.69) is 0 Å². The summed E-state index contributed by atoms with van der Waals surface area (Å²) in [6.45, 7) is 0.528. The van der Waals surface area contributed by atoms with Gasteiger partial charge in [-0.05, 0) is 19.3 Å². The van der Waals surface area contributed by atoms with Crippen molar-refractivity contribution in [2.45, 2.75) is 57.2 Å². The van der Waals surface area contributed by atoms with Gasteiger partial charge in [-0.2, -0.15) is 30.6 Å². The Balaban J connectivity index is 2.97. The SMILES string of the molecule is CCCN(C1(CN)CCCCC1)S(=O)(=O)NCC(F)(F)F. The van der Waals surface area contributed by atoms with Crippen molar-refractivity contribution in [1.82, 2.24) is 9.03 Å². The molecule has 9 heteroatoms. The number of halogens is 3. The van der Waals surface area contributed by atoms with E-state index in [0.717, 1.165) is 23.6 Å². The topological polar surface area (TPSA) is 75.4 Å². The van der Waals surface area contributed by atoms with Crippen molar-refractivity contribution in [2.75, 3.05) is 19.6 Å². The third-order valence-electron chi connectivity index (χ3n) is 3.87. The van der Waals surface area contributed by atoms with Crippen LogP contribution in [0.15, 0.2) is 0 Å². The number of nitrogens with zero attached hydrogens (tertiary/aromatic N) is 1. The van der Waals surface area contributed by atoms with E-state index in [1.807, 2.05) is 0 Å². The first kappa shape index (κ1) is 18.7. The van der Waals surface area contributed by atoms with Gasteiger partial charge < -0.3 is 5.73 Å². The lowest BCUT2D eigenvalue weighted by molar-refractivity contribution is -0.121. The molecule has 0 aliphatic heterocycles. The summed E-state index contributed by atoms with van der Waals surface area (Å²) < 4.78 is 64.2. The number of alkyl halides is 3. The summed E-state index contributed by atoms with van der Waals surface area (Å²) in [7, 11) is -4.20. The van der Waals surface area contributed by atoms with Gasteiger partial charge in [0.25, 0.3) is 10.2 Å². The number of hydrogen-bond donors (Lipinski definition) is 2. The van der Waals surface area contributed by atoms with Crippen LogP contribution >= 0.6 is 0 Å². The Hall–Kier alpha value is -0.380. The second kappa shape index (κ2) is 7.26. The molecule has 0 unspecified atom stereocenters. The maximum atomic E-state index is 12.3. The molecule has 1 aliphatic carbocycles. The molecule has 0 aromatic heterocycles. The van der Waals surface area contributed by atoms with Crippen molar-refractivity contribution in [3.63, 3.8) is 0 Å². The lowest BCUT2D eigenvalue weighted by Crippen LogP contribution is -2.60. The molecule has 0 amide bonds. The zero-order valence-electron chi connectivity index (χ0n) is 12.2. The van der Waals surface area contributed by atoms with Crippen LogP contribution in [-0.4, -0.2) is 44.1 Å². The van der Waals surface area contributed by atoms with Crippen LogP contribution in [0.5, 0.6) is 0 Å². The Morgan fingerprint density at radius 1 is 1.24 bits per heavy atom. The van der Waals surface area contributed by atoms with Gasteiger partial charge in [-0.15, -0.1) is 0 Å². The molecule has 1 saturated carbocycles. The van der Waals surface area contributed by atoms with E-state index in [4.69, 9.17) is 5.73 Å². The van der Waals surface area contributed by atoms with Crippen molar-refractivity contribution < 1.29 is 21.6 Å². The second-order valence-electron chi connectivity index (χ2n) is 5.50. The summed E-state index contributed by atoms with van der Waals surface area (Å²) in [6, 6.07) is 0. The van der Waals surface area contributed by atoms with Gasteiger partial charge in [-0.1, -0.05) is 26.2 Å². The van der Waals surface area contributed by atoms with E-state index >= 15 is 0 Å². The molecule has 0 aromatic rings. The predicted octanol–water partition coefficient (Wildman–Crippen LogP) is 1.76. The van der Waals surface area contributed by atoms with Gasteiger partial charge in [-0.3, -0.25) is 0 Å². The first-order valence-electron chi connectivity index (χ1n) is 7.21. The second-order valence-corrected chi connectivity index (χ2v) is 7.18. The number of hydrogen-bond acceptors (Lipinski definition) is 3. The van der Waals surface area contributed by atoms with Crippen LogP contribution in [-0.2, 0) is 10.2 Å². The summed E-state index contributed by atoms with van der Waals surface area (Å²) >= 11 is 0. The molecule has 0 saturated heterocycles. The van der Waals surface area contributed by atoms with E-state index in [1.54, 1.807) is 11.6 Å². The molecule has 1 fully saturated rings. The average Bonchev–Trinajstić information content (AvgIpc) is 2.42. The lowest BCUT2D eigenvalue weighted by Gasteiger charge is -2.44. The Labute approximate surface area is 124 Å². The monoisotopic (exact) mass is 331 g/mol. The molecular weight excluding hydrogens is 307 g/mol. The summed E-state index contributed by atoms with van der Waals surface area (Å²) in [4.78, 5) is 0. The molecule has 21 heavy (non-hydrogen) atoms. The highest BCUT2D eigenvalue weighted by molar-refractivity contribution is 7.87. The molecule has 0 atom stereocenters. The summed E-state index contributed by atoms with van der Waals surface area (Å²) in [5, 5.41) is 0. The number of rotatable bonds is 7. The average molecular weight is 331 g/mol. The fourth-order valence-electron chi connectivity index (χ4n) is 2.83. The Morgan fingerprint density at radius 3 is 2.24 bits per heavy atom. The minimum atomic E-state index is -4.58. The molecule has 0 bridgehead atoms. The van der Waals surface area contributed by atoms with Gasteiger partial charge >= 0.3 is 6.18 Å². The number of nitrogens with two attached hydrogens (primary N) is 1. The van der Waals surface area contributed by atoms with Crippen molar-refractivity contribution in [3.8, 4) is 0 Å². The Bertz CT molecular complexity index is 420. The van der Waals surface area contributed by atoms with Crippen LogP contribution < -0.4 is 10.5 Å². The van der Waals surface area contributed by atoms with Crippen LogP contribution in [0.3, 0.4) is 0 Å². The molecule has 3 N–H and O–H groups in total. The normalized spacial score (nSPS) is 19.9. The van der Waals surface area contributed by atoms with Gasteiger partial charge in [0.2, 0.25) is 0 Å². The standard InChI is InChI=1S/C12H24F3N3O2S/c1-2-8-18(11(9-16)6-4-3-5-7-11)21(19,20)17-10-12(13,14)15/h17H,2-10,16H2,1H3. The molecule has 5 nitrogen and oxygen atoms in total. The summed E-state index contributed by atoms with van der Waals surface area (Å²) in [6.07, 6.45) is -0.189. The lowest BCUT2D eigenvalue weighted by atomic mass is 9.81. The summed E-state index contributed by atoms with van der Waals surface area (Å²) in [5.41, 5.74) is 5.03. The van der Waals surface area contributed by atoms with Gasteiger partial charge in [0.15, 0.2) is 0 Å². The Kier molecular flexibility index (Phi) is 6.45. The maximum Gasteiger partial charge on any atom is 0.402 e. The fraction of sp³-hybridized carbons (Fsp3) is 1.00. The molecule has 126 valence electrons. The minimum absolute atomic E-state index is 0.125. The van der Waals surface area contributed by atoms with Gasteiger partial charge in [-0.25, -0.2) is 0 Å². The van der Waals surface area contributed by atoms with Crippen LogP contribution in [0.1, 0.15) is 45.4 Å². The zero-order chi connectivity index (χ0) is 16.1. The van der Waals surface area contributed by atoms with E-state index in [0.29, 0.717) is 19.3 Å². The molecular formula is C12H24F3N3O2S. The van der Waals surface area contributed by atoms with E-state index < -0.39 is 28.5 Å². The maximum absolute atomic E-state index is 12.3. The van der Waals surface area contributed by atoms with Gasteiger partial charge in [0.1, 0.15) is 6.54 Å². The van der Waals surface area contributed by atoms with Crippen molar-refractivity contribution >= 4 is 10.2 Å². The highest BCUT2D eigenvalue weighted by atomic mass is 32.2. The molecule has 1 rings (SSSR count). The molecule has 1 aliphatic rings. The molecule has 0 radical (unpaired) electrons. The van der Waals surface area contributed by atoms with Crippen LogP contribution in [0.4, 0.5) is 13.2 Å². The van der Waals surface area contributed by atoms with E-state index in [9.17, 15) is 21.6 Å². The van der Waals surface area contributed by atoms with Crippen molar-refractivity contribution in [2.24, 2.45) is 5.73 Å². The van der Waals surface area contributed by atoms with Crippen molar-refractivity contribution in [3.05, 3.63) is 0 Å². The van der Waals surface area contributed by atoms with E-state index in [-0.39, 0.29) is 13.1 Å². The fourth-order valence-corrected chi connectivity index (χ4v) is 4.52. The van der Waals surface area contributed by atoms with Crippen LogP contribution in [0.25, 0.3) is 0 Å². The van der Waals surface area contributed by atoms with E-state index in [1.165, 1.54) is 0 Å². The molecule has 0 heterocycles. The quantitative estimate of drug-likeness (QED) is 0.746. The molecule has 0 spiro atoms. The first-order valence-corrected chi connectivity index (χ1v) is 8.65. The van der Waals surface area contributed by atoms with Gasteiger partial charge in [0.05, 0.1) is 0 Å². The van der Waals surface area contributed by atoms with Gasteiger partial charge in [0, 0.05) is 18.6 Å².